The van der Waals surface area contributed by atoms with Crippen LogP contribution in [-0.2, 0) is 0 Å². The summed E-state index contributed by atoms with van der Waals surface area (Å²) in [4.78, 5) is 0. The minimum atomic E-state index is 0.634. The Balaban J connectivity index is 2.17. The minimum absolute atomic E-state index is 0.634. The molecule has 1 aliphatic heterocycles. The Labute approximate surface area is 86.5 Å². The number of fused-ring (bicyclic) bond motifs is 2. The van der Waals surface area contributed by atoms with E-state index in [2.05, 4.69) is 50.5 Å². The van der Waals surface area contributed by atoms with E-state index >= 15 is 0 Å². The van der Waals surface area contributed by atoms with Gasteiger partial charge in [-0.05, 0) is 12.0 Å². The van der Waals surface area contributed by atoms with Crippen molar-refractivity contribution in [1.29, 1.82) is 0 Å². The Bertz CT molecular complexity index is 374. The standard InChI is InChI=1S/C11H10BrN/c12-13-7-6-9-5-4-8-2-1-3-10(8)11(9)13/h1-5,9H,6-7H2. The van der Waals surface area contributed by atoms with Gasteiger partial charge < -0.3 is 3.93 Å². The van der Waals surface area contributed by atoms with Gasteiger partial charge in [0, 0.05) is 39.9 Å². The average molecular weight is 236 g/mol. The van der Waals surface area contributed by atoms with Gasteiger partial charge >= 0.3 is 0 Å². The second kappa shape index (κ2) is 2.61. The topological polar surface area (TPSA) is 3.24 Å². The first-order chi connectivity index (χ1) is 6.36. The highest BCUT2D eigenvalue weighted by atomic mass is 79.9. The molecule has 0 spiro atoms. The van der Waals surface area contributed by atoms with Crippen LogP contribution in [0.15, 0.2) is 47.2 Å². The number of rotatable bonds is 0. The minimum Gasteiger partial charge on any atom is -0.311 e. The fourth-order valence-electron chi connectivity index (χ4n) is 2.24. The summed E-state index contributed by atoms with van der Waals surface area (Å²) < 4.78 is 2.21. The summed E-state index contributed by atoms with van der Waals surface area (Å²) >= 11 is 3.60. The molecular formula is C11H10BrN. The zero-order valence-corrected chi connectivity index (χ0v) is 8.79. The molecule has 0 N–H and O–H groups in total. The van der Waals surface area contributed by atoms with E-state index in [0.29, 0.717) is 5.92 Å². The lowest BCUT2D eigenvalue weighted by molar-refractivity contribution is 0.675. The highest BCUT2D eigenvalue weighted by molar-refractivity contribution is 9.07. The molecule has 0 aromatic rings. The van der Waals surface area contributed by atoms with E-state index in [-0.39, 0.29) is 0 Å². The van der Waals surface area contributed by atoms with Crippen LogP contribution >= 0.6 is 16.1 Å². The lowest BCUT2D eigenvalue weighted by Gasteiger charge is -2.20. The Morgan fingerprint density at radius 3 is 3.23 bits per heavy atom. The first-order valence-electron chi connectivity index (χ1n) is 4.61. The third-order valence-electron chi connectivity index (χ3n) is 2.88. The second-order valence-corrected chi connectivity index (χ2v) is 4.48. The molecule has 13 heavy (non-hydrogen) atoms. The third-order valence-corrected chi connectivity index (χ3v) is 3.62. The van der Waals surface area contributed by atoms with Gasteiger partial charge in [0.25, 0.3) is 0 Å². The monoisotopic (exact) mass is 235 g/mol. The molecular weight excluding hydrogens is 226 g/mol. The number of hydrogen-bond donors (Lipinski definition) is 0. The van der Waals surface area contributed by atoms with Gasteiger partial charge in [0.15, 0.2) is 0 Å². The van der Waals surface area contributed by atoms with Crippen LogP contribution in [-0.4, -0.2) is 10.5 Å². The molecule has 1 unspecified atom stereocenters. The van der Waals surface area contributed by atoms with Crippen LogP contribution in [0.25, 0.3) is 0 Å². The van der Waals surface area contributed by atoms with Gasteiger partial charge in [0.05, 0.1) is 0 Å². The maximum Gasteiger partial charge on any atom is 0.0494 e. The molecule has 0 aromatic heterocycles. The second-order valence-electron chi connectivity index (χ2n) is 3.62. The summed E-state index contributed by atoms with van der Waals surface area (Å²) in [6.45, 7) is 1.12. The average Bonchev–Trinajstić information content (AvgIpc) is 2.70. The highest BCUT2D eigenvalue weighted by Crippen LogP contribution is 2.41. The zero-order valence-electron chi connectivity index (χ0n) is 7.20. The zero-order chi connectivity index (χ0) is 8.84. The van der Waals surface area contributed by atoms with Crippen molar-refractivity contribution >= 4 is 16.1 Å². The third kappa shape index (κ3) is 0.983. The quantitative estimate of drug-likeness (QED) is 0.584. The van der Waals surface area contributed by atoms with E-state index in [9.17, 15) is 0 Å². The molecule has 1 heterocycles. The predicted molar refractivity (Wildman–Crippen MR) is 57.1 cm³/mol. The van der Waals surface area contributed by atoms with Gasteiger partial charge in [-0.15, -0.1) is 0 Å². The number of allylic oxidation sites excluding steroid dienone is 7. The van der Waals surface area contributed by atoms with Crippen LogP contribution in [0.4, 0.5) is 0 Å². The molecule has 0 bridgehead atoms. The molecule has 2 heteroatoms. The molecule has 1 atom stereocenters. The lowest BCUT2D eigenvalue weighted by atomic mass is 9.92. The van der Waals surface area contributed by atoms with E-state index in [1.54, 1.807) is 0 Å². The molecule has 0 amide bonds. The van der Waals surface area contributed by atoms with Crippen LogP contribution in [0.3, 0.4) is 0 Å². The van der Waals surface area contributed by atoms with Crippen LogP contribution in [0, 0.1) is 5.92 Å². The molecule has 1 fully saturated rings. The Kier molecular flexibility index (Phi) is 1.53. The van der Waals surface area contributed by atoms with Crippen molar-refractivity contribution in [3.63, 3.8) is 0 Å². The predicted octanol–water partition coefficient (Wildman–Crippen LogP) is 2.94. The SMILES string of the molecule is BrN1CCC2C=CC3=CC=CC3=C21. The number of hydrogen-bond acceptors (Lipinski definition) is 1. The normalized spacial score (nSPS) is 29.5. The molecule has 0 saturated carbocycles. The summed E-state index contributed by atoms with van der Waals surface area (Å²) in [6.07, 6.45) is 12.3. The smallest absolute Gasteiger partial charge is 0.0494 e. The van der Waals surface area contributed by atoms with Crippen LogP contribution in [0.5, 0.6) is 0 Å². The van der Waals surface area contributed by atoms with Crippen LogP contribution in [0.2, 0.25) is 0 Å². The summed E-state index contributed by atoms with van der Waals surface area (Å²) in [5, 5.41) is 0. The molecule has 66 valence electrons. The van der Waals surface area contributed by atoms with E-state index in [1.807, 2.05) is 0 Å². The van der Waals surface area contributed by atoms with Gasteiger partial charge in [-0.3, -0.25) is 0 Å². The van der Waals surface area contributed by atoms with Crippen LogP contribution < -0.4 is 0 Å². The van der Waals surface area contributed by atoms with Gasteiger partial charge in [-0.2, -0.15) is 0 Å². The summed E-state index contributed by atoms with van der Waals surface area (Å²) in [5.74, 6) is 0.634. The van der Waals surface area contributed by atoms with Gasteiger partial charge in [0.1, 0.15) is 0 Å². The van der Waals surface area contributed by atoms with Gasteiger partial charge in [-0.25, -0.2) is 0 Å². The first-order valence-corrected chi connectivity index (χ1v) is 5.31. The van der Waals surface area contributed by atoms with E-state index in [1.165, 1.54) is 23.3 Å². The lowest BCUT2D eigenvalue weighted by Crippen LogP contribution is -2.10. The Morgan fingerprint density at radius 1 is 1.38 bits per heavy atom. The Hall–Kier alpha value is -0.760. The molecule has 3 rings (SSSR count). The highest BCUT2D eigenvalue weighted by Gasteiger charge is 2.30. The van der Waals surface area contributed by atoms with E-state index in [4.69, 9.17) is 0 Å². The van der Waals surface area contributed by atoms with Crippen molar-refractivity contribution in [3.8, 4) is 0 Å². The number of halogens is 1. The van der Waals surface area contributed by atoms with Gasteiger partial charge in [-0.1, -0.05) is 30.4 Å². The van der Waals surface area contributed by atoms with E-state index in [0.717, 1.165) is 6.54 Å². The van der Waals surface area contributed by atoms with Crippen molar-refractivity contribution in [2.24, 2.45) is 5.92 Å². The Morgan fingerprint density at radius 2 is 2.31 bits per heavy atom. The molecule has 3 aliphatic rings. The first kappa shape index (κ1) is 7.63. The van der Waals surface area contributed by atoms with Crippen molar-refractivity contribution in [3.05, 3.63) is 47.2 Å². The van der Waals surface area contributed by atoms with Gasteiger partial charge in [0.2, 0.25) is 0 Å². The summed E-state index contributed by atoms with van der Waals surface area (Å²) in [7, 11) is 0. The largest absolute Gasteiger partial charge is 0.311 e. The fourth-order valence-corrected chi connectivity index (χ4v) is 2.90. The van der Waals surface area contributed by atoms with Crippen LogP contribution in [0.1, 0.15) is 6.42 Å². The fraction of sp³-hybridized carbons (Fsp3) is 0.273. The molecule has 0 radical (unpaired) electrons. The molecule has 1 saturated heterocycles. The number of nitrogens with zero attached hydrogens (tertiary/aromatic N) is 1. The molecule has 0 aromatic carbocycles. The van der Waals surface area contributed by atoms with Crippen molar-refractivity contribution in [2.75, 3.05) is 6.54 Å². The van der Waals surface area contributed by atoms with Crippen molar-refractivity contribution < 1.29 is 0 Å². The van der Waals surface area contributed by atoms with E-state index < -0.39 is 0 Å². The van der Waals surface area contributed by atoms with Crippen molar-refractivity contribution in [2.45, 2.75) is 6.42 Å². The van der Waals surface area contributed by atoms with Crippen molar-refractivity contribution in [1.82, 2.24) is 3.93 Å². The maximum atomic E-state index is 3.60. The molecule has 2 aliphatic carbocycles. The maximum absolute atomic E-state index is 3.60. The summed E-state index contributed by atoms with van der Waals surface area (Å²) in [5.41, 5.74) is 4.21. The summed E-state index contributed by atoms with van der Waals surface area (Å²) in [6, 6.07) is 0. The molecule has 1 nitrogen and oxygen atoms in total.